The number of benzene rings is 1. The minimum absolute atomic E-state index is 0.926. The van der Waals surface area contributed by atoms with Crippen LogP contribution >= 0.6 is 0 Å². The summed E-state index contributed by atoms with van der Waals surface area (Å²) in [6, 6.07) is 12.7. The molecule has 1 aliphatic heterocycles. The lowest BCUT2D eigenvalue weighted by molar-refractivity contribution is 0.273. The minimum atomic E-state index is 0.926. The summed E-state index contributed by atoms with van der Waals surface area (Å²) in [7, 11) is 2.07. The molecule has 1 aromatic carbocycles. The van der Waals surface area contributed by atoms with Gasteiger partial charge in [-0.25, -0.2) is 0 Å². The zero-order chi connectivity index (χ0) is 17.2. The molecule has 25 heavy (non-hydrogen) atoms. The Hall–Kier alpha value is -2.40. The minimum Gasteiger partial charge on any atom is -0.297 e. The highest BCUT2D eigenvalue weighted by molar-refractivity contribution is 5.64. The van der Waals surface area contributed by atoms with Crippen molar-refractivity contribution in [2.75, 3.05) is 13.1 Å². The topological polar surface area (TPSA) is 38.9 Å². The number of nitrogens with zero attached hydrogens (tertiary/aromatic N) is 5. The van der Waals surface area contributed by atoms with Crippen LogP contribution in [0.15, 0.2) is 42.6 Å². The maximum atomic E-state index is 4.81. The predicted octanol–water partition coefficient (Wildman–Crippen LogP) is 2.90. The first kappa shape index (κ1) is 16.1. The SMILES string of the molecule is CCn1ccc(CN2CCc3c(-c4ccccc4)nn(C)c3CC2)n1. The molecule has 0 N–H and O–H groups in total. The van der Waals surface area contributed by atoms with Crippen LogP contribution in [0, 0.1) is 0 Å². The second-order valence-corrected chi connectivity index (χ2v) is 6.70. The Morgan fingerprint density at radius 2 is 1.80 bits per heavy atom. The summed E-state index contributed by atoms with van der Waals surface area (Å²) in [6.45, 7) is 6.08. The van der Waals surface area contributed by atoms with Gasteiger partial charge in [-0.1, -0.05) is 30.3 Å². The van der Waals surface area contributed by atoms with Crippen molar-refractivity contribution in [3.8, 4) is 11.3 Å². The van der Waals surface area contributed by atoms with E-state index in [1.807, 2.05) is 4.68 Å². The zero-order valence-corrected chi connectivity index (χ0v) is 15.0. The van der Waals surface area contributed by atoms with Crippen molar-refractivity contribution in [2.24, 2.45) is 7.05 Å². The van der Waals surface area contributed by atoms with Crippen LogP contribution in [0.2, 0.25) is 0 Å². The molecule has 0 amide bonds. The third kappa shape index (κ3) is 3.24. The molecule has 4 rings (SSSR count). The number of aryl methyl sites for hydroxylation is 2. The number of hydrogen-bond acceptors (Lipinski definition) is 3. The largest absolute Gasteiger partial charge is 0.297 e. The standard InChI is InChI=1S/C20H25N5/c1-3-25-14-9-17(21-25)15-24-12-10-18-19(11-13-24)23(2)22-20(18)16-7-5-4-6-8-16/h4-9,14H,3,10-13,15H2,1-2H3. The van der Waals surface area contributed by atoms with Crippen LogP contribution in [0.25, 0.3) is 11.3 Å². The summed E-state index contributed by atoms with van der Waals surface area (Å²) >= 11 is 0. The Balaban J connectivity index is 1.54. The second kappa shape index (κ2) is 6.84. The maximum absolute atomic E-state index is 4.81. The van der Waals surface area contributed by atoms with E-state index in [-0.39, 0.29) is 0 Å². The molecule has 0 aliphatic carbocycles. The molecule has 0 bridgehead atoms. The predicted molar refractivity (Wildman–Crippen MR) is 99.2 cm³/mol. The van der Waals surface area contributed by atoms with E-state index in [4.69, 9.17) is 5.10 Å². The van der Waals surface area contributed by atoms with Gasteiger partial charge in [0.05, 0.1) is 11.4 Å². The van der Waals surface area contributed by atoms with E-state index >= 15 is 0 Å². The second-order valence-electron chi connectivity index (χ2n) is 6.70. The summed E-state index contributed by atoms with van der Waals surface area (Å²) in [5.74, 6) is 0. The van der Waals surface area contributed by atoms with Crippen molar-refractivity contribution >= 4 is 0 Å². The third-order valence-corrected chi connectivity index (χ3v) is 5.07. The summed E-state index contributed by atoms with van der Waals surface area (Å²) in [6.07, 6.45) is 4.15. The van der Waals surface area contributed by atoms with Crippen LogP contribution in [0.3, 0.4) is 0 Å². The van der Waals surface area contributed by atoms with Gasteiger partial charge in [0, 0.05) is 62.7 Å². The van der Waals surface area contributed by atoms with Gasteiger partial charge in [0.1, 0.15) is 0 Å². The highest BCUT2D eigenvalue weighted by atomic mass is 15.3. The molecule has 5 nitrogen and oxygen atoms in total. The van der Waals surface area contributed by atoms with Gasteiger partial charge >= 0.3 is 0 Å². The maximum Gasteiger partial charge on any atom is 0.0958 e. The summed E-state index contributed by atoms with van der Waals surface area (Å²) in [5, 5.41) is 9.44. The van der Waals surface area contributed by atoms with Crippen molar-refractivity contribution < 1.29 is 0 Å². The summed E-state index contributed by atoms with van der Waals surface area (Å²) in [4.78, 5) is 2.51. The van der Waals surface area contributed by atoms with Crippen LogP contribution in [0.4, 0.5) is 0 Å². The zero-order valence-electron chi connectivity index (χ0n) is 15.0. The molecule has 3 heterocycles. The van der Waals surface area contributed by atoms with Crippen LogP contribution in [-0.4, -0.2) is 37.6 Å². The molecular formula is C20H25N5. The fourth-order valence-electron chi connectivity index (χ4n) is 3.70. The Kier molecular flexibility index (Phi) is 4.40. The van der Waals surface area contributed by atoms with Gasteiger partial charge < -0.3 is 0 Å². The number of hydrogen-bond donors (Lipinski definition) is 0. The lowest BCUT2D eigenvalue weighted by Crippen LogP contribution is -2.26. The number of aromatic nitrogens is 4. The van der Waals surface area contributed by atoms with Gasteiger partial charge in [-0.3, -0.25) is 14.3 Å². The molecule has 0 saturated carbocycles. The van der Waals surface area contributed by atoms with Crippen molar-refractivity contribution in [2.45, 2.75) is 32.9 Å². The van der Waals surface area contributed by atoms with Crippen LogP contribution in [0.1, 0.15) is 23.9 Å². The Morgan fingerprint density at radius 3 is 2.56 bits per heavy atom. The van der Waals surface area contributed by atoms with E-state index in [1.165, 1.54) is 16.8 Å². The van der Waals surface area contributed by atoms with Crippen LogP contribution in [0.5, 0.6) is 0 Å². The lowest BCUT2D eigenvalue weighted by Gasteiger charge is -2.18. The quantitative estimate of drug-likeness (QED) is 0.736. The first-order valence-corrected chi connectivity index (χ1v) is 9.09. The van der Waals surface area contributed by atoms with Crippen LogP contribution < -0.4 is 0 Å². The molecule has 0 fully saturated rings. The highest BCUT2D eigenvalue weighted by Gasteiger charge is 2.22. The monoisotopic (exact) mass is 335 g/mol. The molecule has 0 saturated heterocycles. The van der Waals surface area contributed by atoms with Gasteiger partial charge in [-0.15, -0.1) is 0 Å². The van der Waals surface area contributed by atoms with Crippen molar-refractivity contribution in [3.63, 3.8) is 0 Å². The Bertz CT molecular complexity index is 846. The summed E-state index contributed by atoms with van der Waals surface area (Å²) < 4.78 is 4.08. The smallest absolute Gasteiger partial charge is 0.0958 e. The first-order chi connectivity index (χ1) is 12.2. The molecular weight excluding hydrogens is 310 g/mol. The Morgan fingerprint density at radius 1 is 1.00 bits per heavy atom. The fourth-order valence-corrected chi connectivity index (χ4v) is 3.70. The summed E-state index contributed by atoms with van der Waals surface area (Å²) in [5.41, 5.74) is 6.31. The molecule has 0 radical (unpaired) electrons. The molecule has 5 heteroatoms. The van der Waals surface area contributed by atoms with Crippen LogP contribution in [-0.2, 0) is 33.0 Å². The molecule has 1 aliphatic rings. The molecule has 0 unspecified atom stereocenters. The van der Waals surface area contributed by atoms with Crippen molar-refractivity contribution in [3.05, 3.63) is 59.5 Å². The fraction of sp³-hybridized carbons (Fsp3) is 0.400. The van der Waals surface area contributed by atoms with Crippen molar-refractivity contribution in [1.82, 2.24) is 24.5 Å². The average Bonchev–Trinajstić information content (AvgIpc) is 3.15. The normalized spacial score (nSPS) is 15.1. The lowest BCUT2D eigenvalue weighted by atomic mass is 10.0. The molecule has 0 atom stereocenters. The van der Waals surface area contributed by atoms with Crippen molar-refractivity contribution in [1.29, 1.82) is 0 Å². The number of rotatable bonds is 4. The number of fused-ring (bicyclic) bond motifs is 1. The first-order valence-electron chi connectivity index (χ1n) is 9.09. The average molecular weight is 335 g/mol. The molecule has 3 aromatic rings. The van der Waals surface area contributed by atoms with Gasteiger partial charge in [0.25, 0.3) is 0 Å². The van der Waals surface area contributed by atoms with E-state index in [2.05, 4.69) is 71.2 Å². The van der Waals surface area contributed by atoms with Gasteiger partial charge in [0.2, 0.25) is 0 Å². The van der Waals surface area contributed by atoms with E-state index in [9.17, 15) is 0 Å². The molecule has 130 valence electrons. The van der Waals surface area contributed by atoms with Gasteiger partial charge in [-0.2, -0.15) is 10.2 Å². The third-order valence-electron chi connectivity index (χ3n) is 5.07. The molecule has 0 spiro atoms. The van der Waals surface area contributed by atoms with E-state index in [0.717, 1.165) is 50.4 Å². The Labute approximate surface area is 148 Å². The van der Waals surface area contributed by atoms with E-state index < -0.39 is 0 Å². The highest BCUT2D eigenvalue weighted by Crippen LogP contribution is 2.28. The van der Waals surface area contributed by atoms with Gasteiger partial charge in [-0.05, 0) is 19.4 Å². The van der Waals surface area contributed by atoms with E-state index in [0.29, 0.717) is 0 Å². The van der Waals surface area contributed by atoms with Gasteiger partial charge in [0.15, 0.2) is 0 Å². The van der Waals surface area contributed by atoms with E-state index in [1.54, 1.807) is 0 Å². The molecule has 2 aromatic heterocycles.